The van der Waals surface area contributed by atoms with Gasteiger partial charge in [-0.25, -0.2) is 0 Å². The molecule has 0 spiro atoms. The SMILES string of the molecule is Cn1cc(C2CCN(CC#N)CC2)cn1. The number of aromatic nitrogens is 2. The first-order chi connectivity index (χ1) is 7.29. The molecule has 4 nitrogen and oxygen atoms in total. The van der Waals surface area contributed by atoms with Crippen LogP contribution in [-0.4, -0.2) is 34.3 Å². The van der Waals surface area contributed by atoms with Crippen LogP contribution < -0.4 is 0 Å². The van der Waals surface area contributed by atoms with Crippen molar-refractivity contribution in [2.45, 2.75) is 18.8 Å². The lowest BCUT2D eigenvalue weighted by molar-refractivity contribution is 0.235. The summed E-state index contributed by atoms with van der Waals surface area (Å²) in [5.41, 5.74) is 1.34. The Balaban J connectivity index is 1.91. The van der Waals surface area contributed by atoms with E-state index in [0.717, 1.165) is 25.9 Å². The molecule has 2 heterocycles. The summed E-state index contributed by atoms with van der Waals surface area (Å²) in [5, 5.41) is 12.8. The van der Waals surface area contributed by atoms with Crippen LogP contribution in [0.5, 0.6) is 0 Å². The van der Waals surface area contributed by atoms with Crippen molar-refractivity contribution in [3.63, 3.8) is 0 Å². The van der Waals surface area contributed by atoms with Gasteiger partial charge in [0, 0.05) is 13.2 Å². The Morgan fingerprint density at radius 2 is 2.27 bits per heavy atom. The van der Waals surface area contributed by atoms with Crippen molar-refractivity contribution in [3.8, 4) is 6.07 Å². The maximum atomic E-state index is 8.60. The van der Waals surface area contributed by atoms with E-state index >= 15 is 0 Å². The summed E-state index contributed by atoms with van der Waals surface area (Å²) in [6.45, 7) is 2.64. The van der Waals surface area contributed by atoms with Gasteiger partial charge in [-0.1, -0.05) is 0 Å². The molecule has 1 saturated heterocycles. The third-order valence-electron chi connectivity index (χ3n) is 3.08. The molecule has 0 radical (unpaired) electrons. The van der Waals surface area contributed by atoms with Crippen LogP contribution in [0.4, 0.5) is 0 Å². The second-order valence-corrected chi connectivity index (χ2v) is 4.16. The van der Waals surface area contributed by atoms with Crippen molar-refractivity contribution < 1.29 is 0 Å². The Morgan fingerprint density at radius 1 is 1.53 bits per heavy atom. The average molecular weight is 204 g/mol. The smallest absolute Gasteiger partial charge is 0.0865 e. The van der Waals surface area contributed by atoms with Gasteiger partial charge < -0.3 is 0 Å². The van der Waals surface area contributed by atoms with Crippen molar-refractivity contribution in [2.24, 2.45) is 7.05 Å². The predicted octanol–water partition coefficient (Wildman–Crippen LogP) is 1.12. The molecule has 1 aromatic heterocycles. The highest BCUT2D eigenvalue weighted by atomic mass is 15.2. The lowest BCUT2D eigenvalue weighted by Crippen LogP contribution is -2.33. The van der Waals surface area contributed by atoms with Crippen molar-refractivity contribution >= 4 is 0 Å². The Kier molecular flexibility index (Phi) is 3.02. The second kappa shape index (κ2) is 4.45. The van der Waals surface area contributed by atoms with Gasteiger partial charge in [-0.15, -0.1) is 0 Å². The Labute approximate surface area is 90.1 Å². The molecule has 1 aromatic rings. The fourth-order valence-electron chi connectivity index (χ4n) is 2.18. The zero-order valence-electron chi connectivity index (χ0n) is 9.06. The normalized spacial score (nSPS) is 18.9. The largest absolute Gasteiger partial charge is 0.291 e. The Bertz CT molecular complexity index is 355. The van der Waals surface area contributed by atoms with Gasteiger partial charge in [0.2, 0.25) is 0 Å². The summed E-state index contributed by atoms with van der Waals surface area (Å²) < 4.78 is 1.86. The predicted molar refractivity (Wildman–Crippen MR) is 57.2 cm³/mol. The maximum Gasteiger partial charge on any atom is 0.0865 e. The quantitative estimate of drug-likeness (QED) is 0.678. The highest BCUT2D eigenvalue weighted by Gasteiger charge is 2.20. The van der Waals surface area contributed by atoms with E-state index in [2.05, 4.69) is 22.3 Å². The van der Waals surface area contributed by atoms with Gasteiger partial charge in [-0.05, 0) is 37.4 Å². The summed E-state index contributed by atoms with van der Waals surface area (Å²) in [7, 11) is 1.95. The van der Waals surface area contributed by atoms with Crippen LogP contribution in [0.2, 0.25) is 0 Å². The Morgan fingerprint density at radius 3 is 2.80 bits per heavy atom. The van der Waals surface area contributed by atoms with Gasteiger partial charge in [0.25, 0.3) is 0 Å². The first-order valence-electron chi connectivity index (χ1n) is 5.37. The molecule has 15 heavy (non-hydrogen) atoms. The van der Waals surface area contributed by atoms with E-state index in [1.807, 2.05) is 17.9 Å². The minimum atomic E-state index is 0.569. The molecule has 0 amide bonds. The first-order valence-corrected chi connectivity index (χ1v) is 5.37. The van der Waals surface area contributed by atoms with E-state index in [1.54, 1.807) is 0 Å². The minimum absolute atomic E-state index is 0.569. The monoisotopic (exact) mass is 204 g/mol. The Hall–Kier alpha value is -1.34. The highest BCUT2D eigenvalue weighted by molar-refractivity contribution is 5.12. The number of hydrogen-bond acceptors (Lipinski definition) is 3. The zero-order chi connectivity index (χ0) is 10.7. The van der Waals surface area contributed by atoms with Crippen LogP contribution in [0, 0.1) is 11.3 Å². The van der Waals surface area contributed by atoms with Crippen LogP contribution >= 0.6 is 0 Å². The summed E-state index contributed by atoms with van der Waals surface area (Å²) in [5.74, 6) is 0.633. The number of rotatable bonds is 2. The minimum Gasteiger partial charge on any atom is -0.291 e. The van der Waals surface area contributed by atoms with E-state index < -0.39 is 0 Å². The molecule has 0 N–H and O–H groups in total. The number of aryl methyl sites for hydroxylation is 1. The standard InChI is InChI=1S/C11H16N4/c1-14-9-11(8-13-14)10-2-5-15(6-3-10)7-4-12/h8-10H,2-3,5-7H2,1H3. The first kappa shape index (κ1) is 10.2. The number of nitriles is 1. The van der Waals surface area contributed by atoms with Crippen LogP contribution in [0.25, 0.3) is 0 Å². The van der Waals surface area contributed by atoms with Gasteiger partial charge in [0.05, 0.1) is 18.8 Å². The molecule has 0 atom stereocenters. The van der Waals surface area contributed by atoms with Gasteiger partial charge in [-0.2, -0.15) is 10.4 Å². The molecule has 0 unspecified atom stereocenters. The molecular weight excluding hydrogens is 188 g/mol. The summed E-state index contributed by atoms with van der Waals surface area (Å²) >= 11 is 0. The van der Waals surface area contributed by atoms with Gasteiger partial charge in [0.1, 0.15) is 0 Å². The van der Waals surface area contributed by atoms with E-state index in [0.29, 0.717) is 12.5 Å². The fourth-order valence-corrected chi connectivity index (χ4v) is 2.18. The van der Waals surface area contributed by atoms with E-state index in [-0.39, 0.29) is 0 Å². The molecule has 0 saturated carbocycles. The van der Waals surface area contributed by atoms with Crippen LogP contribution in [0.15, 0.2) is 12.4 Å². The number of likely N-dealkylation sites (tertiary alicyclic amines) is 1. The fraction of sp³-hybridized carbons (Fsp3) is 0.636. The molecule has 1 fully saturated rings. The zero-order valence-corrected chi connectivity index (χ0v) is 9.06. The number of piperidine rings is 1. The molecule has 2 rings (SSSR count). The van der Waals surface area contributed by atoms with Gasteiger partial charge >= 0.3 is 0 Å². The summed E-state index contributed by atoms with van der Waals surface area (Å²) in [6.07, 6.45) is 6.36. The average Bonchev–Trinajstić information content (AvgIpc) is 2.67. The maximum absolute atomic E-state index is 8.60. The molecule has 1 aliphatic heterocycles. The molecule has 80 valence electrons. The molecule has 1 aliphatic rings. The van der Waals surface area contributed by atoms with E-state index in [9.17, 15) is 0 Å². The molecule has 0 aliphatic carbocycles. The molecule has 0 bridgehead atoms. The van der Waals surface area contributed by atoms with Gasteiger partial charge in [0.15, 0.2) is 0 Å². The van der Waals surface area contributed by atoms with E-state index in [4.69, 9.17) is 5.26 Å². The van der Waals surface area contributed by atoms with Gasteiger partial charge in [-0.3, -0.25) is 9.58 Å². The third-order valence-corrected chi connectivity index (χ3v) is 3.08. The summed E-state index contributed by atoms with van der Waals surface area (Å²) in [4.78, 5) is 2.22. The lowest BCUT2D eigenvalue weighted by atomic mass is 9.92. The number of nitrogens with zero attached hydrogens (tertiary/aromatic N) is 4. The highest BCUT2D eigenvalue weighted by Crippen LogP contribution is 2.27. The third kappa shape index (κ3) is 2.37. The van der Waals surface area contributed by atoms with Crippen LogP contribution in [0.3, 0.4) is 0 Å². The molecular formula is C11H16N4. The summed E-state index contributed by atoms with van der Waals surface area (Å²) in [6, 6.07) is 2.21. The van der Waals surface area contributed by atoms with Crippen LogP contribution in [0.1, 0.15) is 24.3 Å². The van der Waals surface area contributed by atoms with E-state index in [1.165, 1.54) is 5.56 Å². The second-order valence-electron chi connectivity index (χ2n) is 4.16. The van der Waals surface area contributed by atoms with Crippen molar-refractivity contribution in [2.75, 3.05) is 19.6 Å². The lowest BCUT2D eigenvalue weighted by Gasteiger charge is -2.29. The number of hydrogen-bond donors (Lipinski definition) is 0. The van der Waals surface area contributed by atoms with Crippen LogP contribution in [-0.2, 0) is 7.05 Å². The van der Waals surface area contributed by atoms with Crippen molar-refractivity contribution in [1.29, 1.82) is 5.26 Å². The van der Waals surface area contributed by atoms with Crippen molar-refractivity contribution in [3.05, 3.63) is 18.0 Å². The topological polar surface area (TPSA) is 44.9 Å². The molecule has 4 heteroatoms. The van der Waals surface area contributed by atoms with Crippen molar-refractivity contribution in [1.82, 2.24) is 14.7 Å². The molecule has 0 aromatic carbocycles.